The summed E-state index contributed by atoms with van der Waals surface area (Å²) >= 11 is 0. The molecule has 0 bridgehead atoms. The number of aliphatic hydroxyl groups excluding tert-OH is 2. The maximum absolute atomic E-state index is 14.7. The molecule has 3 N–H and O–H groups in total. The molecule has 1 amide bonds. The lowest BCUT2D eigenvalue weighted by Gasteiger charge is -2.31. The van der Waals surface area contributed by atoms with E-state index in [9.17, 15) is 19.4 Å². The first-order chi connectivity index (χ1) is 13.6. The highest BCUT2D eigenvalue weighted by molar-refractivity contribution is 6.06. The number of nitrogens with one attached hydrogen (secondary N) is 1. The molecule has 0 radical (unpaired) electrons. The Morgan fingerprint density at radius 2 is 1.96 bits per heavy atom. The van der Waals surface area contributed by atoms with E-state index in [1.165, 1.54) is 17.2 Å². The third-order valence-corrected chi connectivity index (χ3v) is 4.81. The molecule has 0 fully saturated rings. The van der Waals surface area contributed by atoms with E-state index >= 15 is 0 Å². The first-order valence-electron chi connectivity index (χ1n) is 8.75. The summed E-state index contributed by atoms with van der Waals surface area (Å²) in [6, 6.07) is 7.82. The molecule has 0 saturated heterocycles. The van der Waals surface area contributed by atoms with Gasteiger partial charge in [-0.3, -0.25) is 4.79 Å². The van der Waals surface area contributed by atoms with Gasteiger partial charge in [-0.1, -0.05) is 30.4 Å². The second kappa shape index (κ2) is 7.45. The fraction of sp³-hybridized carbons (Fsp3) is 0.263. The molecule has 4 rings (SSSR count). The van der Waals surface area contributed by atoms with Crippen molar-refractivity contribution in [2.45, 2.75) is 18.3 Å². The lowest BCUT2D eigenvalue weighted by molar-refractivity contribution is 0.00229. The van der Waals surface area contributed by atoms with Crippen molar-refractivity contribution in [1.82, 2.24) is 19.5 Å². The number of carbonyl (C=O) groups is 1. The van der Waals surface area contributed by atoms with Crippen LogP contribution in [-0.4, -0.2) is 54.5 Å². The maximum Gasteiger partial charge on any atom is 0.256 e. The predicted octanol–water partition coefficient (Wildman–Crippen LogP) is 1.50. The van der Waals surface area contributed by atoms with Gasteiger partial charge in [0.05, 0.1) is 25.1 Å². The predicted molar refractivity (Wildman–Crippen MR) is 99.4 cm³/mol. The summed E-state index contributed by atoms with van der Waals surface area (Å²) in [5.74, 6) is -0.796. The van der Waals surface area contributed by atoms with Crippen LogP contribution in [0.5, 0.6) is 0 Å². The van der Waals surface area contributed by atoms with Crippen LogP contribution < -0.4 is 5.32 Å². The highest BCUT2D eigenvalue weighted by Gasteiger charge is 2.37. The van der Waals surface area contributed by atoms with Crippen LogP contribution in [0.1, 0.15) is 16.4 Å². The summed E-state index contributed by atoms with van der Waals surface area (Å²) in [4.78, 5) is 24.9. The second-order valence-corrected chi connectivity index (χ2v) is 6.52. The van der Waals surface area contributed by atoms with Gasteiger partial charge >= 0.3 is 0 Å². The summed E-state index contributed by atoms with van der Waals surface area (Å²) in [6.07, 6.45) is 2.83. The van der Waals surface area contributed by atoms with E-state index in [4.69, 9.17) is 0 Å². The van der Waals surface area contributed by atoms with E-state index < -0.39 is 24.2 Å². The minimum atomic E-state index is -1.64. The first-order valence-corrected chi connectivity index (χ1v) is 8.75. The molecule has 28 heavy (non-hydrogen) atoms. The Bertz CT molecular complexity index is 1020. The zero-order valence-electron chi connectivity index (χ0n) is 14.7. The Hall–Kier alpha value is -3.17. The number of halogens is 1. The highest BCUT2D eigenvalue weighted by Crippen LogP contribution is 2.32. The van der Waals surface area contributed by atoms with Gasteiger partial charge in [-0.2, -0.15) is 0 Å². The number of benzene rings is 1. The van der Waals surface area contributed by atoms with Gasteiger partial charge < -0.3 is 20.1 Å². The number of nitrogens with zero attached hydrogens (tertiary/aromatic N) is 4. The molecule has 144 valence electrons. The number of anilines is 1. The summed E-state index contributed by atoms with van der Waals surface area (Å²) in [5.41, 5.74) is 1.10. The molecular formula is C19H18FN5O3. The summed E-state index contributed by atoms with van der Waals surface area (Å²) in [5, 5.41) is 22.0. The van der Waals surface area contributed by atoms with E-state index in [-0.39, 0.29) is 18.3 Å². The average molecular weight is 383 g/mol. The van der Waals surface area contributed by atoms with Crippen molar-refractivity contribution in [1.29, 1.82) is 0 Å². The summed E-state index contributed by atoms with van der Waals surface area (Å²) in [7, 11) is 0. The van der Waals surface area contributed by atoms with Gasteiger partial charge in [0.2, 0.25) is 0 Å². The van der Waals surface area contributed by atoms with Gasteiger partial charge in [-0.05, 0) is 12.1 Å². The zero-order chi connectivity index (χ0) is 19.7. The van der Waals surface area contributed by atoms with Crippen molar-refractivity contribution in [2.24, 2.45) is 5.92 Å². The molecule has 0 unspecified atom stereocenters. The van der Waals surface area contributed by atoms with E-state index in [0.717, 1.165) is 0 Å². The van der Waals surface area contributed by atoms with E-state index in [1.807, 2.05) is 6.07 Å². The minimum Gasteiger partial charge on any atom is -0.396 e. The van der Waals surface area contributed by atoms with Crippen LogP contribution in [0.15, 0.2) is 55.1 Å². The Morgan fingerprint density at radius 3 is 2.71 bits per heavy atom. The topological polar surface area (TPSA) is 113 Å². The summed E-state index contributed by atoms with van der Waals surface area (Å²) < 4.78 is 16.2. The molecule has 0 aliphatic heterocycles. The quantitative estimate of drug-likeness (QED) is 0.589. The Labute approximate surface area is 159 Å². The molecule has 8 nitrogen and oxygen atoms in total. The van der Waals surface area contributed by atoms with Crippen molar-refractivity contribution in [2.75, 3.05) is 11.9 Å². The second-order valence-electron chi connectivity index (χ2n) is 6.52. The number of alkyl halides is 1. The van der Waals surface area contributed by atoms with Crippen molar-refractivity contribution >= 4 is 22.9 Å². The van der Waals surface area contributed by atoms with Crippen LogP contribution in [0.4, 0.5) is 10.2 Å². The number of fused-ring (bicyclic) bond motifs is 1. The molecule has 9 heteroatoms. The Kier molecular flexibility index (Phi) is 4.84. The smallest absolute Gasteiger partial charge is 0.256 e. The minimum absolute atomic E-state index is 0.210. The first kappa shape index (κ1) is 18.2. The highest BCUT2D eigenvalue weighted by atomic mass is 19.1. The molecule has 1 aliphatic rings. The molecule has 1 aliphatic carbocycles. The molecule has 0 saturated carbocycles. The molecule has 3 aromatic rings. The largest absolute Gasteiger partial charge is 0.396 e. The molecule has 2 aromatic heterocycles. The fourth-order valence-corrected chi connectivity index (χ4v) is 3.26. The maximum atomic E-state index is 14.7. The molecule has 1 aromatic carbocycles. The van der Waals surface area contributed by atoms with Gasteiger partial charge in [-0.25, -0.2) is 19.3 Å². The normalized spacial score (nSPS) is 24.4. The molecular weight excluding hydrogens is 365 g/mol. The van der Waals surface area contributed by atoms with Gasteiger partial charge in [0.15, 0.2) is 23.2 Å². The Balaban J connectivity index is 1.67. The van der Waals surface area contributed by atoms with Crippen LogP contribution in [0.2, 0.25) is 0 Å². The third kappa shape index (κ3) is 3.14. The molecule has 4 atom stereocenters. The standard InChI is InChI=1S/C19H18FN5O3/c20-14-13(7-6-12(8-26)16(14)27)25-10-23-15-17(21-9-22-18(15)25)24-19(28)11-4-2-1-3-5-11/h1-7,9-10,12-14,16,26-27H,8H2,(H,21,22,24,28)/t12-,13-,14+,16-/m1/s1. The number of hydrogen-bond donors (Lipinski definition) is 3. The van der Waals surface area contributed by atoms with Crippen LogP contribution in [0, 0.1) is 5.92 Å². The zero-order valence-corrected chi connectivity index (χ0v) is 14.7. The van der Waals surface area contributed by atoms with Crippen LogP contribution in [-0.2, 0) is 0 Å². The number of carbonyl (C=O) groups excluding carboxylic acids is 1. The number of rotatable bonds is 4. The number of hydrogen-bond acceptors (Lipinski definition) is 6. The number of allylic oxidation sites excluding steroid dienone is 1. The lowest BCUT2D eigenvalue weighted by atomic mass is 9.88. The number of imidazole rings is 1. The fourth-order valence-electron chi connectivity index (χ4n) is 3.26. The van der Waals surface area contributed by atoms with E-state index in [1.54, 1.807) is 36.4 Å². The average Bonchev–Trinajstić information content (AvgIpc) is 3.15. The number of aromatic nitrogens is 4. The van der Waals surface area contributed by atoms with Crippen molar-refractivity contribution in [3.05, 3.63) is 60.7 Å². The molecule has 0 spiro atoms. The van der Waals surface area contributed by atoms with Gasteiger partial charge in [-0.15, -0.1) is 0 Å². The van der Waals surface area contributed by atoms with E-state index in [0.29, 0.717) is 16.7 Å². The Morgan fingerprint density at radius 1 is 1.18 bits per heavy atom. The molecule has 2 heterocycles. The number of amides is 1. The van der Waals surface area contributed by atoms with Crippen molar-refractivity contribution in [3.8, 4) is 0 Å². The van der Waals surface area contributed by atoms with Crippen molar-refractivity contribution < 1.29 is 19.4 Å². The van der Waals surface area contributed by atoms with Gasteiger partial charge in [0, 0.05) is 11.5 Å². The van der Waals surface area contributed by atoms with Crippen LogP contribution in [0.3, 0.4) is 0 Å². The van der Waals surface area contributed by atoms with Crippen LogP contribution >= 0.6 is 0 Å². The number of aliphatic hydroxyl groups is 2. The summed E-state index contributed by atoms with van der Waals surface area (Å²) in [6.45, 7) is -0.340. The monoisotopic (exact) mass is 383 g/mol. The van der Waals surface area contributed by atoms with E-state index in [2.05, 4.69) is 20.3 Å². The third-order valence-electron chi connectivity index (χ3n) is 4.81. The van der Waals surface area contributed by atoms with Crippen molar-refractivity contribution in [3.63, 3.8) is 0 Å². The lowest BCUT2D eigenvalue weighted by Crippen LogP contribution is -2.40. The van der Waals surface area contributed by atoms with Crippen LogP contribution in [0.25, 0.3) is 11.2 Å². The van der Waals surface area contributed by atoms with Gasteiger partial charge in [0.25, 0.3) is 5.91 Å². The van der Waals surface area contributed by atoms with Gasteiger partial charge in [0.1, 0.15) is 6.33 Å². The SMILES string of the molecule is O=C(Nc1ncnc2c1ncn2[C@@H]1C=C[C@H](CO)[C@@H](O)[C@H]1F)c1ccccc1.